The normalized spacial score (nSPS) is 18.6. The highest BCUT2D eigenvalue weighted by Crippen LogP contribution is 2.33. The van der Waals surface area contributed by atoms with Crippen molar-refractivity contribution in [1.82, 2.24) is 20.2 Å². The van der Waals surface area contributed by atoms with Gasteiger partial charge in [-0.25, -0.2) is 9.97 Å². The Hall–Kier alpha value is -3.61. The van der Waals surface area contributed by atoms with Gasteiger partial charge in [0.15, 0.2) is 0 Å². The van der Waals surface area contributed by atoms with Gasteiger partial charge in [0.25, 0.3) is 5.91 Å². The molecular formula is C24H22N4O3. The first kappa shape index (κ1) is 19.4. The number of rotatable bonds is 3. The lowest BCUT2D eigenvalue weighted by molar-refractivity contribution is -0.136. The predicted octanol–water partition coefficient (Wildman–Crippen LogP) is 3.18. The maximum atomic E-state index is 13.0. The fourth-order valence-electron chi connectivity index (χ4n) is 4.35. The third-order valence-corrected chi connectivity index (χ3v) is 5.94. The zero-order chi connectivity index (χ0) is 21.7. The van der Waals surface area contributed by atoms with E-state index in [9.17, 15) is 14.4 Å². The maximum Gasteiger partial charge on any atom is 0.255 e. The van der Waals surface area contributed by atoms with Crippen LogP contribution in [0.25, 0.3) is 22.3 Å². The van der Waals surface area contributed by atoms with Crippen molar-refractivity contribution in [2.75, 3.05) is 0 Å². The number of hydrogen-bond acceptors (Lipinski definition) is 5. The highest BCUT2D eigenvalue weighted by atomic mass is 16.2. The molecule has 0 radical (unpaired) electrons. The van der Waals surface area contributed by atoms with Gasteiger partial charge in [0.05, 0.1) is 22.4 Å². The standard InChI is InChI=1S/C24H22N4O3/c1-13(2)21-22(26-18-6-4-3-5-17(18)25-21)14-7-8-16-15(11-14)12-28(24(16)31)19-9-10-20(29)27-23(19)30/h3-8,11,13,19H,9-10,12H2,1-2H3,(H,27,29,30). The van der Waals surface area contributed by atoms with Crippen molar-refractivity contribution < 1.29 is 14.4 Å². The molecule has 0 bridgehead atoms. The number of carbonyl (C=O) groups excluding carboxylic acids is 3. The Balaban J connectivity index is 1.53. The molecule has 0 saturated carbocycles. The molecule has 2 aromatic carbocycles. The lowest BCUT2D eigenvalue weighted by atomic mass is 9.98. The molecule has 3 amide bonds. The number of amides is 3. The van der Waals surface area contributed by atoms with E-state index >= 15 is 0 Å². The van der Waals surface area contributed by atoms with Crippen molar-refractivity contribution in [2.24, 2.45) is 0 Å². The molecule has 1 N–H and O–H groups in total. The molecule has 1 atom stereocenters. The Morgan fingerprint density at radius 2 is 1.77 bits per heavy atom. The lowest BCUT2D eigenvalue weighted by Crippen LogP contribution is -2.52. The zero-order valence-corrected chi connectivity index (χ0v) is 17.4. The van der Waals surface area contributed by atoms with Crippen molar-refractivity contribution in [3.8, 4) is 11.3 Å². The first-order valence-corrected chi connectivity index (χ1v) is 10.5. The van der Waals surface area contributed by atoms with Crippen molar-refractivity contribution in [3.63, 3.8) is 0 Å². The quantitative estimate of drug-likeness (QED) is 0.665. The minimum atomic E-state index is -0.618. The van der Waals surface area contributed by atoms with E-state index in [0.717, 1.165) is 33.5 Å². The first-order valence-electron chi connectivity index (χ1n) is 10.5. The Labute approximate surface area is 179 Å². The van der Waals surface area contributed by atoms with Crippen LogP contribution in [-0.4, -0.2) is 38.6 Å². The smallest absolute Gasteiger partial charge is 0.255 e. The van der Waals surface area contributed by atoms with Crippen LogP contribution < -0.4 is 5.32 Å². The van der Waals surface area contributed by atoms with Gasteiger partial charge in [-0.15, -0.1) is 0 Å². The van der Waals surface area contributed by atoms with E-state index in [1.165, 1.54) is 0 Å². The summed E-state index contributed by atoms with van der Waals surface area (Å²) in [4.78, 5) is 48.0. The highest BCUT2D eigenvalue weighted by molar-refractivity contribution is 6.05. The second kappa shape index (κ2) is 7.27. The molecule has 0 spiro atoms. The summed E-state index contributed by atoms with van der Waals surface area (Å²) in [6.45, 7) is 4.51. The Kier molecular flexibility index (Phi) is 4.54. The number of nitrogens with one attached hydrogen (secondary N) is 1. The van der Waals surface area contributed by atoms with E-state index in [2.05, 4.69) is 19.2 Å². The summed E-state index contributed by atoms with van der Waals surface area (Å²) >= 11 is 0. The second-order valence-electron chi connectivity index (χ2n) is 8.37. The van der Waals surface area contributed by atoms with Crippen molar-refractivity contribution in [2.45, 2.75) is 45.2 Å². The molecule has 3 aromatic rings. The van der Waals surface area contributed by atoms with Crippen LogP contribution in [-0.2, 0) is 16.1 Å². The van der Waals surface area contributed by atoms with Crippen molar-refractivity contribution in [1.29, 1.82) is 0 Å². The van der Waals surface area contributed by atoms with Crippen LogP contribution in [0, 0.1) is 0 Å². The van der Waals surface area contributed by atoms with Gasteiger partial charge in [0, 0.05) is 24.1 Å². The molecule has 1 fully saturated rings. The van der Waals surface area contributed by atoms with Gasteiger partial charge in [-0.2, -0.15) is 0 Å². The molecule has 1 aromatic heterocycles. The highest BCUT2D eigenvalue weighted by Gasteiger charge is 2.39. The van der Waals surface area contributed by atoms with E-state index in [-0.39, 0.29) is 24.2 Å². The van der Waals surface area contributed by atoms with Gasteiger partial charge in [0.1, 0.15) is 6.04 Å². The SMILES string of the molecule is CC(C)c1nc2ccccc2nc1-c1ccc2c(c1)CN(C1CCC(=O)NC1=O)C2=O. The summed E-state index contributed by atoms with van der Waals surface area (Å²) in [5.41, 5.74) is 5.75. The molecule has 2 aliphatic rings. The molecule has 3 heterocycles. The van der Waals surface area contributed by atoms with Gasteiger partial charge in [-0.05, 0) is 42.2 Å². The summed E-state index contributed by atoms with van der Waals surface area (Å²) in [6, 6.07) is 12.8. The molecule has 2 aliphatic heterocycles. The first-order chi connectivity index (χ1) is 14.9. The molecule has 1 unspecified atom stereocenters. The summed E-state index contributed by atoms with van der Waals surface area (Å²) in [6.07, 6.45) is 0.594. The van der Waals surface area contributed by atoms with Gasteiger partial charge in [-0.1, -0.05) is 32.0 Å². The van der Waals surface area contributed by atoms with E-state index in [0.29, 0.717) is 18.5 Å². The monoisotopic (exact) mass is 414 g/mol. The molecule has 1 saturated heterocycles. The number of fused-ring (bicyclic) bond motifs is 2. The number of aromatic nitrogens is 2. The fourth-order valence-corrected chi connectivity index (χ4v) is 4.35. The van der Waals surface area contributed by atoms with Gasteiger partial charge in [-0.3, -0.25) is 19.7 Å². The Morgan fingerprint density at radius 3 is 2.48 bits per heavy atom. The fraction of sp³-hybridized carbons (Fsp3) is 0.292. The minimum Gasteiger partial charge on any atom is -0.322 e. The Morgan fingerprint density at radius 1 is 1.03 bits per heavy atom. The number of hydrogen-bond donors (Lipinski definition) is 1. The average Bonchev–Trinajstić information content (AvgIpc) is 3.08. The molecular weight excluding hydrogens is 392 g/mol. The lowest BCUT2D eigenvalue weighted by Gasteiger charge is -2.29. The average molecular weight is 414 g/mol. The minimum absolute atomic E-state index is 0.176. The van der Waals surface area contributed by atoms with Gasteiger partial charge in [0.2, 0.25) is 11.8 Å². The number of nitrogens with zero attached hydrogens (tertiary/aromatic N) is 3. The zero-order valence-electron chi connectivity index (χ0n) is 17.4. The number of para-hydroxylation sites is 2. The summed E-state index contributed by atoms with van der Waals surface area (Å²) in [5, 5.41) is 2.34. The van der Waals surface area contributed by atoms with Crippen LogP contribution in [0.5, 0.6) is 0 Å². The number of benzene rings is 2. The molecule has 156 valence electrons. The van der Waals surface area contributed by atoms with E-state index in [1.54, 1.807) is 11.0 Å². The van der Waals surface area contributed by atoms with E-state index in [4.69, 9.17) is 9.97 Å². The summed E-state index contributed by atoms with van der Waals surface area (Å²) in [7, 11) is 0. The van der Waals surface area contributed by atoms with Crippen LogP contribution in [0.15, 0.2) is 42.5 Å². The summed E-state index contributed by atoms with van der Waals surface area (Å²) < 4.78 is 0. The predicted molar refractivity (Wildman–Crippen MR) is 115 cm³/mol. The Bertz CT molecular complexity index is 1250. The van der Waals surface area contributed by atoms with Crippen LogP contribution in [0.1, 0.15) is 54.2 Å². The second-order valence-corrected chi connectivity index (χ2v) is 8.37. The van der Waals surface area contributed by atoms with Gasteiger partial charge >= 0.3 is 0 Å². The van der Waals surface area contributed by atoms with E-state index in [1.807, 2.05) is 36.4 Å². The summed E-state index contributed by atoms with van der Waals surface area (Å²) in [5.74, 6) is -0.685. The van der Waals surface area contributed by atoms with Crippen molar-refractivity contribution >= 4 is 28.8 Å². The van der Waals surface area contributed by atoms with Gasteiger partial charge < -0.3 is 4.90 Å². The molecule has 7 nitrogen and oxygen atoms in total. The largest absolute Gasteiger partial charge is 0.322 e. The van der Waals surface area contributed by atoms with Crippen molar-refractivity contribution in [3.05, 3.63) is 59.3 Å². The maximum absolute atomic E-state index is 13.0. The molecule has 0 aliphatic carbocycles. The van der Waals surface area contributed by atoms with E-state index < -0.39 is 11.9 Å². The third-order valence-electron chi connectivity index (χ3n) is 5.94. The van der Waals surface area contributed by atoms with Crippen LogP contribution in [0.4, 0.5) is 0 Å². The number of carbonyl (C=O) groups is 3. The topological polar surface area (TPSA) is 92.3 Å². The number of imide groups is 1. The third kappa shape index (κ3) is 3.26. The van der Waals surface area contributed by atoms with Crippen LogP contribution in [0.3, 0.4) is 0 Å². The molecule has 5 rings (SSSR count). The van der Waals surface area contributed by atoms with Crippen LogP contribution >= 0.6 is 0 Å². The van der Waals surface area contributed by atoms with Crippen LogP contribution in [0.2, 0.25) is 0 Å². The number of piperidine rings is 1. The molecule has 7 heteroatoms. The molecule has 31 heavy (non-hydrogen) atoms.